The van der Waals surface area contributed by atoms with Crippen molar-refractivity contribution in [3.63, 3.8) is 0 Å². The summed E-state index contributed by atoms with van der Waals surface area (Å²) in [6.45, 7) is 0.417. The van der Waals surface area contributed by atoms with Crippen LogP contribution in [0, 0.1) is 0 Å². The van der Waals surface area contributed by atoms with Gasteiger partial charge in [0.25, 0.3) is 0 Å². The smallest absolute Gasteiger partial charge is 0.418 e. The quantitative estimate of drug-likeness (QED) is 0.279. The van der Waals surface area contributed by atoms with Gasteiger partial charge in [0.2, 0.25) is 0 Å². The first-order valence-electron chi connectivity index (χ1n) is 11.2. The van der Waals surface area contributed by atoms with Gasteiger partial charge in [0, 0.05) is 47.2 Å². The molecular weight excluding hydrogens is 467 g/mol. The molecule has 0 radical (unpaired) electrons. The second-order valence-electron chi connectivity index (χ2n) is 8.38. The van der Waals surface area contributed by atoms with Gasteiger partial charge < -0.3 is 10.4 Å². The van der Waals surface area contributed by atoms with Crippen LogP contribution < -0.4 is 5.32 Å². The Hall–Kier alpha value is -4.46. The lowest BCUT2D eigenvalue weighted by atomic mass is 9.99. The number of para-hydroxylation sites is 1. The van der Waals surface area contributed by atoms with Crippen LogP contribution in [0.1, 0.15) is 16.7 Å². The zero-order chi connectivity index (χ0) is 25.3. The molecule has 180 valence electrons. The highest BCUT2D eigenvalue weighted by Gasteiger charge is 2.33. The third kappa shape index (κ3) is 4.57. The summed E-state index contributed by atoms with van der Waals surface area (Å²) in [6.07, 6.45) is 0.125. The topological polar surface area (TPSA) is 75.1 Å². The summed E-state index contributed by atoms with van der Waals surface area (Å²) in [5.41, 5.74) is 2.84. The monoisotopic (exact) mass is 487 g/mol. The Morgan fingerprint density at radius 3 is 2.47 bits per heavy atom. The number of alkyl halides is 3. The highest BCUT2D eigenvalue weighted by molar-refractivity contribution is 5.98. The van der Waals surface area contributed by atoms with Crippen LogP contribution in [0.3, 0.4) is 0 Å². The molecule has 36 heavy (non-hydrogen) atoms. The summed E-state index contributed by atoms with van der Waals surface area (Å²) >= 11 is 0. The van der Waals surface area contributed by atoms with Crippen molar-refractivity contribution in [1.82, 2.24) is 9.97 Å². The number of nitrogens with one attached hydrogen (secondary N) is 1. The van der Waals surface area contributed by atoms with Crippen molar-refractivity contribution in [1.29, 1.82) is 0 Å². The molecule has 2 N–H and O–H groups in total. The van der Waals surface area contributed by atoms with Gasteiger partial charge in [-0.05, 0) is 46.3 Å². The summed E-state index contributed by atoms with van der Waals surface area (Å²) in [5.74, 6) is -0.894. The number of hydrogen-bond acceptors (Lipinski definition) is 4. The van der Waals surface area contributed by atoms with E-state index < -0.39 is 17.7 Å². The zero-order valence-corrected chi connectivity index (χ0v) is 18.9. The minimum absolute atomic E-state index is 0.0668. The highest BCUT2D eigenvalue weighted by Crippen LogP contribution is 2.37. The van der Waals surface area contributed by atoms with Crippen molar-refractivity contribution in [2.75, 3.05) is 5.32 Å². The van der Waals surface area contributed by atoms with Crippen molar-refractivity contribution in [3.05, 3.63) is 102 Å². The zero-order valence-electron chi connectivity index (χ0n) is 18.9. The summed E-state index contributed by atoms with van der Waals surface area (Å²) in [5, 5.41) is 14.8. The third-order valence-electron chi connectivity index (χ3n) is 6.02. The number of hydrogen-bond donors (Lipinski definition) is 2. The Morgan fingerprint density at radius 1 is 0.917 bits per heavy atom. The fourth-order valence-electron chi connectivity index (χ4n) is 4.43. The van der Waals surface area contributed by atoms with Crippen molar-refractivity contribution in [2.45, 2.75) is 19.1 Å². The Bertz CT molecular complexity index is 1600. The summed E-state index contributed by atoms with van der Waals surface area (Å²) < 4.78 is 40.5. The number of carboxylic acid groups (broad SMARTS) is 1. The predicted octanol–water partition coefficient (Wildman–Crippen LogP) is 6.71. The van der Waals surface area contributed by atoms with Gasteiger partial charge in [0.05, 0.1) is 17.5 Å². The molecule has 0 spiro atoms. The molecule has 5 rings (SSSR count). The number of fused-ring (bicyclic) bond motifs is 2. The average Bonchev–Trinajstić information content (AvgIpc) is 2.86. The van der Waals surface area contributed by atoms with E-state index in [0.717, 1.165) is 33.7 Å². The minimum atomic E-state index is -4.50. The van der Waals surface area contributed by atoms with Crippen LogP contribution in [-0.4, -0.2) is 21.0 Å². The Kier molecular flexibility index (Phi) is 6.01. The Morgan fingerprint density at radius 2 is 1.67 bits per heavy atom. The normalized spacial score (nSPS) is 11.6. The minimum Gasteiger partial charge on any atom is -0.481 e. The number of aliphatic carboxylic acids is 1. The molecule has 0 aliphatic heterocycles. The largest absolute Gasteiger partial charge is 0.481 e. The number of pyridine rings is 2. The molecule has 0 amide bonds. The number of aromatic nitrogens is 2. The highest BCUT2D eigenvalue weighted by atomic mass is 19.4. The number of carbonyl (C=O) groups is 1. The van der Waals surface area contributed by atoms with Crippen molar-refractivity contribution in [3.8, 4) is 11.1 Å². The van der Waals surface area contributed by atoms with E-state index in [1.807, 2.05) is 36.4 Å². The van der Waals surface area contributed by atoms with Gasteiger partial charge in [-0.1, -0.05) is 42.5 Å². The van der Waals surface area contributed by atoms with E-state index in [4.69, 9.17) is 0 Å². The predicted molar refractivity (Wildman–Crippen MR) is 133 cm³/mol. The molecule has 0 unspecified atom stereocenters. The first kappa shape index (κ1) is 23.3. The van der Waals surface area contributed by atoms with E-state index in [-0.39, 0.29) is 11.9 Å². The number of benzene rings is 3. The van der Waals surface area contributed by atoms with Gasteiger partial charge in [-0.3, -0.25) is 14.8 Å². The molecule has 5 aromatic rings. The van der Waals surface area contributed by atoms with E-state index >= 15 is 0 Å². The number of carboxylic acids is 1. The lowest BCUT2D eigenvalue weighted by Crippen LogP contribution is -2.06. The number of rotatable bonds is 6. The van der Waals surface area contributed by atoms with Gasteiger partial charge in [0.1, 0.15) is 0 Å². The molecular formula is C28H20F3N3O2. The van der Waals surface area contributed by atoms with Gasteiger partial charge in [-0.15, -0.1) is 0 Å². The maximum absolute atomic E-state index is 13.5. The van der Waals surface area contributed by atoms with Crippen LogP contribution in [0.4, 0.5) is 18.9 Å². The van der Waals surface area contributed by atoms with E-state index in [2.05, 4.69) is 15.3 Å². The standard InChI is InChI=1S/C28H20F3N3O2/c29-28(30,31)24-8-2-7-23-21(10-11-33-27(23)24)19-12-17(14-32-16-19)15-34-25-9-3-5-20-18(13-26(35)36)4-1-6-22(20)25/h1-12,14,16,34H,13,15H2,(H,35,36). The molecule has 3 aromatic carbocycles. The average molecular weight is 487 g/mol. The molecule has 0 aliphatic carbocycles. The molecule has 2 heterocycles. The molecule has 0 saturated heterocycles. The first-order chi connectivity index (χ1) is 17.3. The lowest BCUT2D eigenvalue weighted by Gasteiger charge is -2.14. The maximum atomic E-state index is 13.5. The molecule has 0 saturated carbocycles. The van der Waals surface area contributed by atoms with Crippen LogP contribution in [-0.2, 0) is 23.9 Å². The van der Waals surface area contributed by atoms with Crippen LogP contribution in [0.15, 0.2) is 85.3 Å². The van der Waals surface area contributed by atoms with Crippen LogP contribution in [0.5, 0.6) is 0 Å². The molecule has 0 aliphatic rings. The van der Waals surface area contributed by atoms with Crippen molar-refractivity contribution >= 4 is 33.3 Å². The number of anilines is 1. The van der Waals surface area contributed by atoms with Gasteiger partial charge >= 0.3 is 12.1 Å². The maximum Gasteiger partial charge on any atom is 0.418 e. The summed E-state index contributed by atoms with van der Waals surface area (Å²) in [7, 11) is 0. The van der Waals surface area contributed by atoms with Gasteiger partial charge in [-0.2, -0.15) is 13.2 Å². The first-order valence-corrected chi connectivity index (χ1v) is 11.2. The Labute approximate surface area is 204 Å². The van der Waals surface area contributed by atoms with Crippen LogP contribution >= 0.6 is 0 Å². The fourth-order valence-corrected chi connectivity index (χ4v) is 4.43. The van der Waals surface area contributed by atoms with E-state index in [9.17, 15) is 23.1 Å². The molecule has 0 bridgehead atoms. The third-order valence-corrected chi connectivity index (χ3v) is 6.02. The number of nitrogens with zero attached hydrogens (tertiary/aromatic N) is 2. The molecule has 0 atom stereocenters. The van der Waals surface area contributed by atoms with Gasteiger partial charge in [-0.25, -0.2) is 0 Å². The molecule has 5 nitrogen and oxygen atoms in total. The van der Waals surface area contributed by atoms with Crippen molar-refractivity contribution < 1.29 is 23.1 Å². The molecule has 8 heteroatoms. The lowest BCUT2D eigenvalue weighted by molar-refractivity contribution is -0.137. The van der Waals surface area contributed by atoms with Crippen LogP contribution in [0.2, 0.25) is 0 Å². The summed E-state index contributed by atoms with van der Waals surface area (Å²) in [4.78, 5) is 19.5. The van der Waals surface area contributed by atoms with Crippen LogP contribution in [0.25, 0.3) is 32.8 Å². The fraction of sp³-hybridized carbons (Fsp3) is 0.107. The second-order valence-corrected chi connectivity index (χ2v) is 8.38. The Balaban J connectivity index is 1.46. The number of halogens is 3. The van der Waals surface area contributed by atoms with E-state index in [1.165, 1.54) is 12.3 Å². The SMILES string of the molecule is O=C(O)Cc1cccc2c(NCc3cncc(-c4ccnc5c(C(F)(F)F)cccc45)c3)cccc12. The molecule has 0 fully saturated rings. The van der Waals surface area contributed by atoms with E-state index in [1.54, 1.807) is 30.6 Å². The van der Waals surface area contributed by atoms with Crippen molar-refractivity contribution in [2.24, 2.45) is 0 Å². The van der Waals surface area contributed by atoms with E-state index in [0.29, 0.717) is 23.1 Å². The molecule has 2 aromatic heterocycles. The second kappa shape index (κ2) is 9.30. The summed E-state index contributed by atoms with van der Waals surface area (Å²) in [6, 6.07) is 18.9. The van der Waals surface area contributed by atoms with Gasteiger partial charge in [0.15, 0.2) is 0 Å².